The van der Waals surface area contributed by atoms with E-state index in [2.05, 4.69) is 25.9 Å². The number of hydrogen-bond donors (Lipinski definition) is 0. The number of rotatable bonds is 2. The number of hydrogen-bond acceptors (Lipinski definition) is 3. The first-order chi connectivity index (χ1) is 7.70. The van der Waals surface area contributed by atoms with Crippen LogP contribution < -0.4 is 4.74 Å². The van der Waals surface area contributed by atoms with Crippen LogP contribution in [0.15, 0.2) is 35.2 Å². The molecule has 0 atom stereocenters. The number of ether oxygens (including phenoxy) is 1. The Morgan fingerprint density at radius 1 is 1.25 bits per heavy atom. The SMILES string of the molecule is COc1ccc(C)cc1-c1ccnc(Br)n1. The molecule has 2 aromatic rings. The van der Waals surface area contributed by atoms with Crippen molar-refractivity contribution in [1.82, 2.24) is 9.97 Å². The smallest absolute Gasteiger partial charge is 0.197 e. The maximum Gasteiger partial charge on any atom is 0.197 e. The molecule has 1 heterocycles. The third-order valence-corrected chi connectivity index (χ3v) is 2.64. The van der Waals surface area contributed by atoms with Crippen LogP contribution in [0, 0.1) is 6.92 Å². The van der Waals surface area contributed by atoms with E-state index in [1.165, 1.54) is 5.56 Å². The fourth-order valence-electron chi connectivity index (χ4n) is 1.51. The summed E-state index contributed by atoms with van der Waals surface area (Å²) in [7, 11) is 1.66. The van der Waals surface area contributed by atoms with Crippen LogP contribution >= 0.6 is 15.9 Å². The monoisotopic (exact) mass is 278 g/mol. The van der Waals surface area contributed by atoms with Gasteiger partial charge in [0.05, 0.1) is 12.8 Å². The van der Waals surface area contributed by atoms with Gasteiger partial charge >= 0.3 is 0 Å². The van der Waals surface area contributed by atoms with Crippen molar-refractivity contribution in [2.45, 2.75) is 6.92 Å². The maximum absolute atomic E-state index is 5.32. The lowest BCUT2D eigenvalue weighted by molar-refractivity contribution is 0.416. The summed E-state index contributed by atoms with van der Waals surface area (Å²) in [5.41, 5.74) is 3.00. The van der Waals surface area contributed by atoms with Crippen molar-refractivity contribution in [1.29, 1.82) is 0 Å². The summed E-state index contributed by atoms with van der Waals surface area (Å²) in [4.78, 5) is 8.33. The molecule has 16 heavy (non-hydrogen) atoms. The zero-order chi connectivity index (χ0) is 11.5. The normalized spacial score (nSPS) is 10.2. The highest BCUT2D eigenvalue weighted by atomic mass is 79.9. The van der Waals surface area contributed by atoms with Gasteiger partial charge < -0.3 is 4.74 Å². The van der Waals surface area contributed by atoms with Crippen LogP contribution in [0.3, 0.4) is 0 Å². The lowest BCUT2D eigenvalue weighted by Gasteiger charge is -2.08. The molecular weight excluding hydrogens is 268 g/mol. The summed E-state index contributed by atoms with van der Waals surface area (Å²) >= 11 is 3.26. The molecule has 2 rings (SSSR count). The van der Waals surface area contributed by atoms with Crippen LogP contribution in [0.25, 0.3) is 11.3 Å². The van der Waals surface area contributed by atoms with Crippen LogP contribution in [0.4, 0.5) is 0 Å². The van der Waals surface area contributed by atoms with Crippen LogP contribution in [-0.2, 0) is 0 Å². The number of benzene rings is 1. The van der Waals surface area contributed by atoms with E-state index in [0.29, 0.717) is 4.73 Å². The Hall–Kier alpha value is -1.42. The van der Waals surface area contributed by atoms with Crippen molar-refractivity contribution in [3.05, 3.63) is 40.8 Å². The second-order valence-electron chi connectivity index (χ2n) is 3.41. The Balaban J connectivity index is 2.58. The highest BCUT2D eigenvalue weighted by Crippen LogP contribution is 2.29. The predicted octanol–water partition coefficient (Wildman–Crippen LogP) is 3.22. The lowest BCUT2D eigenvalue weighted by atomic mass is 10.1. The molecule has 1 aromatic carbocycles. The van der Waals surface area contributed by atoms with E-state index < -0.39 is 0 Å². The quantitative estimate of drug-likeness (QED) is 0.792. The van der Waals surface area contributed by atoms with E-state index in [0.717, 1.165) is 17.0 Å². The van der Waals surface area contributed by atoms with Crippen molar-refractivity contribution in [3.63, 3.8) is 0 Å². The highest BCUT2D eigenvalue weighted by molar-refractivity contribution is 9.10. The number of aryl methyl sites for hydroxylation is 1. The van der Waals surface area contributed by atoms with Crippen molar-refractivity contribution in [3.8, 4) is 17.0 Å². The summed E-state index contributed by atoms with van der Waals surface area (Å²) in [6, 6.07) is 7.87. The van der Waals surface area contributed by atoms with Crippen molar-refractivity contribution in [2.24, 2.45) is 0 Å². The molecule has 0 spiro atoms. The first kappa shape index (κ1) is 11.1. The molecule has 82 valence electrons. The predicted molar refractivity (Wildman–Crippen MR) is 66.5 cm³/mol. The van der Waals surface area contributed by atoms with Crippen molar-refractivity contribution in [2.75, 3.05) is 7.11 Å². The van der Waals surface area contributed by atoms with E-state index in [-0.39, 0.29) is 0 Å². The zero-order valence-electron chi connectivity index (χ0n) is 9.07. The molecule has 0 fully saturated rings. The van der Waals surface area contributed by atoms with Crippen molar-refractivity contribution < 1.29 is 4.74 Å². The third-order valence-electron chi connectivity index (χ3n) is 2.26. The molecule has 0 saturated carbocycles. The van der Waals surface area contributed by atoms with E-state index in [9.17, 15) is 0 Å². The molecule has 0 saturated heterocycles. The Kier molecular flexibility index (Phi) is 3.19. The first-order valence-electron chi connectivity index (χ1n) is 4.84. The third kappa shape index (κ3) is 2.22. The van der Waals surface area contributed by atoms with Crippen LogP contribution in [0.5, 0.6) is 5.75 Å². The van der Waals surface area contributed by atoms with Gasteiger partial charge in [-0.3, -0.25) is 0 Å². The molecule has 0 radical (unpaired) electrons. The molecule has 0 amide bonds. The Morgan fingerprint density at radius 3 is 2.75 bits per heavy atom. The minimum atomic E-state index is 0.577. The van der Waals surface area contributed by atoms with Gasteiger partial charge in [-0.05, 0) is 41.1 Å². The lowest BCUT2D eigenvalue weighted by Crippen LogP contribution is -1.92. The topological polar surface area (TPSA) is 35.0 Å². The first-order valence-corrected chi connectivity index (χ1v) is 5.63. The molecule has 0 aliphatic rings. The summed E-state index contributed by atoms with van der Waals surface area (Å²) in [5.74, 6) is 0.816. The molecular formula is C12H11BrN2O. The minimum Gasteiger partial charge on any atom is -0.496 e. The van der Waals surface area contributed by atoms with Gasteiger partial charge in [0, 0.05) is 11.8 Å². The fourth-order valence-corrected chi connectivity index (χ4v) is 1.82. The van der Waals surface area contributed by atoms with Crippen LogP contribution in [0.2, 0.25) is 0 Å². The van der Waals surface area contributed by atoms with E-state index in [1.54, 1.807) is 13.3 Å². The summed E-state index contributed by atoms with van der Waals surface area (Å²) in [5, 5.41) is 0. The largest absolute Gasteiger partial charge is 0.496 e. The average molecular weight is 279 g/mol. The number of aromatic nitrogens is 2. The number of nitrogens with zero attached hydrogens (tertiary/aromatic N) is 2. The van der Waals surface area contributed by atoms with E-state index >= 15 is 0 Å². The van der Waals surface area contributed by atoms with Gasteiger partial charge in [0.25, 0.3) is 0 Å². The molecule has 0 aliphatic heterocycles. The number of halogens is 1. The summed E-state index contributed by atoms with van der Waals surface area (Å²) in [6.45, 7) is 2.04. The second kappa shape index (κ2) is 4.61. The summed E-state index contributed by atoms with van der Waals surface area (Å²) in [6.07, 6.45) is 1.72. The van der Waals surface area contributed by atoms with Gasteiger partial charge in [-0.1, -0.05) is 11.6 Å². The van der Waals surface area contributed by atoms with E-state index in [4.69, 9.17) is 4.74 Å². The average Bonchev–Trinajstić information content (AvgIpc) is 2.29. The van der Waals surface area contributed by atoms with E-state index in [1.807, 2.05) is 31.2 Å². The minimum absolute atomic E-state index is 0.577. The van der Waals surface area contributed by atoms with Crippen LogP contribution in [0.1, 0.15) is 5.56 Å². The molecule has 0 bridgehead atoms. The maximum atomic E-state index is 5.32. The Morgan fingerprint density at radius 2 is 2.06 bits per heavy atom. The van der Waals surface area contributed by atoms with Gasteiger partial charge in [0.15, 0.2) is 4.73 Å². The van der Waals surface area contributed by atoms with Crippen molar-refractivity contribution >= 4 is 15.9 Å². The molecule has 0 N–H and O–H groups in total. The fraction of sp³-hybridized carbons (Fsp3) is 0.167. The standard InChI is InChI=1S/C12H11BrN2O/c1-8-3-4-11(16-2)9(7-8)10-5-6-14-12(13)15-10/h3-7H,1-2H3. The summed E-state index contributed by atoms with van der Waals surface area (Å²) < 4.78 is 5.90. The number of methoxy groups -OCH3 is 1. The highest BCUT2D eigenvalue weighted by Gasteiger charge is 2.07. The molecule has 3 nitrogen and oxygen atoms in total. The van der Waals surface area contributed by atoms with Gasteiger partial charge in [0.2, 0.25) is 0 Å². The van der Waals surface area contributed by atoms with Crippen LogP contribution in [-0.4, -0.2) is 17.1 Å². The Labute approximate surface area is 103 Å². The van der Waals surface area contributed by atoms with Gasteiger partial charge in [-0.2, -0.15) is 0 Å². The van der Waals surface area contributed by atoms with Gasteiger partial charge in [-0.25, -0.2) is 9.97 Å². The van der Waals surface area contributed by atoms with Gasteiger partial charge in [-0.15, -0.1) is 0 Å². The Bertz CT molecular complexity index is 514. The molecule has 0 unspecified atom stereocenters. The zero-order valence-corrected chi connectivity index (χ0v) is 10.7. The molecule has 0 aliphatic carbocycles. The second-order valence-corrected chi connectivity index (χ2v) is 4.12. The van der Waals surface area contributed by atoms with Gasteiger partial charge in [0.1, 0.15) is 5.75 Å². The molecule has 4 heteroatoms. The molecule has 1 aromatic heterocycles.